The summed E-state index contributed by atoms with van der Waals surface area (Å²) >= 11 is 0. The molecule has 0 saturated carbocycles. The van der Waals surface area contributed by atoms with Crippen LogP contribution in [0.3, 0.4) is 0 Å². The summed E-state index contributed by atoms with van der Waals surface area (Å²) in [6, 6.07) is 6.90. The minimum Gasteiger partial charge on any atom is -0.478 e. The van der Waals surface area contributed by atoms with Crippen molar-refractivity contribution in [1.82, 2.24) is 4.98 Å². The second-order valence-electron chi connectivity index (χ2n) is 4.51. The number of pyridine rings is 1. The Morgan fingerprint density at radius 3 is 2.95 bits per heavy atom. The number of carboxylic acid groups (broad SMARTS) is 1. The summed E-state index contributed by atoms with van der Waals surface area (Å²) in [5.41, 5.74) is 6.82. The smallest absolute Gasteiger partial charge is 0.339 e. The van der Waals surface area contributed by atoms with Crippen molar-refractivity contribution in [3.8, 4) is 11.5 Å². The molecule has 0 amide bonds. The number of nitrogens with two attached hydrogens (primary N) is 1. The standard InChI is InChI=1S/C14H13N3O4/c15-9-4-10(14(18)19)13(17-6-9)16-5-8-1-2-11-12(3-8)21-7-20-11/h1-4,6H,5,7,15H2,(H,16,17)(H,18,19). The molecule has 0 saturated heterocycles. The van der Waals surface area contributed by atoms with E-state index >= 15 is 0 Å². The van der Waals surface area contributed by atoms with E-state index in [1.165, 1.54) is 12.3 Å². The van der Waals surface area contributed by atoms with E-state index in [1.807, 2.05) is 18.2 Å². The van der Waals surface area contributed by atoms with Gasteiger partial charge in [0.25, 0.3) is 0 Å². The Hall–Kier alpha value is -2.96. The fraction of sp³-hybridized carbons (Fsp3) is 0.143. The molecular weight excluding hydrogens is 274 g/mol. The highest BCUT2D eigenvalue weighted by molar-refractivity contribution is 5.94. The van der Waals surface area contributed by atoms with Crippen LogP contribution >= 0.6 is 0 Å². The molecule has 2 aromatic rings. The summed E-state index contributed by atoms with van der Waals surface area (Å²) in [5.74, 6) is 0.575. The normalized spacial score (nSPS) is 12.2. The zero-order valence-electron chi connectivity index (χ0n) is 11.0. The van der Waals surface area contributed by atoms with Crippen LogP contribution in [-0.4, -0.2) is 22.9 Å². The lowest BCUT2D eigenvalue weighted by atomic mass is 10.2. The summed E-state index contributed by atoms with van der Waals surface area (Å²) in [4.78, 5) is 15.2. The van der Waals surface area contributed by atoms with E-state index in [9.17, 15) is 4.79 Å². The molecular formula is C14H13N3O4. The van der Waals surface area contributed by atoms with Gasteiger partial charge in [0.2, 0.25) is 6.79 Å². The van der Waals surface area contributed by atoms with Crippen LogP contribution in [0.1, 0.15) is 15.9 Å². The Morgan fingerprint density at radius 2 is 2.14 bits per heavy atom. The van der Waals surface area contributed by atoms with E-state index in [2.05, 4.69) is 10.3 Å². The van der Waals surface area contributed by atoms with Gasteiger partial charge in [-0.05, 0) is 23.8 Å². The van der Waals surface area contributed by atoms with E-state index < -0.39 is 5.97 Å². The first-order valence-corrected chi connectivity index (χ1v) is 6.24. The van der Waals surface area contributed by atoms with Crippen molar-refractivity contribution in [2.45, 2.75) is 6.54 Å². The number of aromatic carboxylic acids is 1. The number of benzene rings is 1. The van der Waals surface area contributed by atoms with Crippen LogP contribution in [-0.2, 0) is 6.54 Å². The molecule has 7 nitrogen and oxygen atoms in total. The topological polar surface area (TPSA) is 107 Å². The minimum atomic E-state index is -1.08. The fourth-order valence-corrected chi connectivity index (χ4v) is 2.02. The number of nitrogens with one attached hydrogen (secondary N) is 1. The molecule has 4 N–H and O–H groups in total. The van der Waals surface area contributed by atoms with Crippen molar-refractivity contribution in [2.24, 2.45) is 0 Å². The Bertz CT molecular complexity index is 703. The summed E-state index contributed by atoms with van der Waals surface area (Å²) in [6.45, 7) is 0.628. The molecule has 0 spiro atoms. The van der Waals surface area contributed by atoms with E-state index in [0.29, 0.717) is 23.7 Å². The predicted molar refractivity (Wildman–Crippen MR) is 75.5 cm³/mol. The van der Waals surface area contributed by atoms with E-state index in [1.54, 1.807) is 0 Å². The number of nitrogen functional groups attached to an aromatic ring is 1. The van der Waals surface area contributed by atoms with Gasteiger partial charge < -0.3 is 25.6 Å². The molecule has 7 heteroatoms. The number of carboxylic acids is 1. The highest BCUT2D eigenvalue weighted by Crippen LogP contribution is 2.32. The SMILES string of the molecule is Nc1cnc(NCc2ccc3c(c2)OCO3)c(C(=O)O)c1. The number of rotatable bonds is 4. The second-order valence-corrected chi connectivity index (χ2v) is 4.51. The van der Waals surface area contributed by atoms with Gasteiger partial charge in [-0.3, -0.25) is 0 Å². The summed E-state index contributed by atoms with van der Waals surface area (Å²) < 4.78 is 10.5. The summed E-state index contributed by atoms with van der Waals surface area (Å²) in [7, 11) is 0. The van der Waals surface area contributed by atoms with Crippen LogP contribution in [0.25, 0.3) is 0 Å². The lowest BCUT2D eigenvalue weighted by molar-refractivity contribution is 0.0697. The van der Waals surface area contributed by atoms with Crippen molar-refractivity contribution in [3.63, 3.8) is 0 Å². The molecule has 1 aliphatic heterocycles. The second kappa shape index (κ2) is 5.20. The van der Waals surface area contributed by atoms with E-state index in [4.69, 9.17) is 20.3 Å². The third-order valence-electron chi connectivity index (χ3n) is 3.04. The Labute approximate surface area is 120 Å². The monoisotopic (exact) mass is 287 g/mol. The van der Waals surface area contributed by atoms with Crippen LogP contribution in [0.2, 0.25) is 0 Å². The molecule has 1 aromatic carbocycles. The number of ether oxygens (including phenoxy) is 2. The lowest BCUT2D eigenvalue weighted by Crippen LogP contribution is -2.09. The Morgan fingerprint density at radius 1 is 1.33 bits per heavy atom. The minimum absolute atomic E-state index is 0.0377. The highest BCUT2D eigenvalue weighted by Gasteiger charge is 2.14. The average Bonchev–Trinajstić information content (AvgIpc) is 2.93. The van der Waals surface area contributed by atoms with Crippen LogP contribution in [0.5, 0.6) is 11.5 Å². The molecule has 1 aliphatic rings. The van der Waals surface area contributed by atoms with Crippen molar-refractivity contribution >= 4 is 17.5 Å². The predicted octanol–water partition coefficient (Wildman–Crippen LogP) is 1.70. The maximum absolute atomic E-state index is 11.2. The molecule has 0 atom stereocenters. The third-order valence-corrected chi connectivity index (χ3v) is 3.04. The van der Waals surface area contributed by atoms with Gasteiger partial charge in [0.05, 0.1) is 11.9 Å². The first kappa shape index (κ1) is 13.0. The van der Waals surface area contributed by atoms with Crippen LogP contribution in [0.4, 0.5) is 11.5 Å². The number of carbonyl (C=O) groups is 1. The number of aromatic nitrogens is 1. The number of fused-ring (bicyclic) bond motifs is 1. The Balaban J connectivity index is 1.77. The quantitative estimate of drug-likeness (QED) is 0.785. The first-order valence-electron chi connectivity index (χ1n) is 6.24. The molecule has 1 aromatic heterocycles. The first-order chi connectivity index (χ1) is 10.1. The zero-order valence-corrected chi connectivity index (χ0v) is 11.0. The number of anilines is 2. The molecule has 21 heavy (non-hydrogen) atoms. The largest absolute Gasteiger partial charge is 0.478 e. The maximum Gasteiger partial charge on any atom is 0.339 e. The molecule has 3 rings (SSSR count). The average molecular weight is 287 g/mol. The number of nitrogens with zero attached hydrogens (tertiary/aromatic N) is 1. The molecule has 0 unspecified atom stereocenters. The van der Waals surface area contributed by atoms with E-state index in [0.717, 1.165) is 5.56 Å². The third kappa shape index (κ3) is 2.66. The maximum atomic E-state index is 11.2. The van der Waals surface area contributed by atoms with Gasteiger partial charge in [-0.25, -0.2) is 9.78 Å². The fourth-order valence-electron chi connectivity index (χ4n) is 2.02. The van der Waals surface area contributed by atoms with Gasteiger partial charge in [-0.1, -0.05) is 6.07 Å². The van der Waals surface area contributed by atoms with Crippen molar-refractivity contribution < 1.29 is 19.4 Å². The molecule has 108 valence electrons. The van der Waals surface area contributed by atoms with Crippen molar-refractivity contribution in [2.75, 3.05) is 17.8 Å². The summed E-state index contributed by atoms with van der Waals surface area (Å²) in [5, 5.41) is 12.1. The van der Waals surface area contributed by atoms with Crippen molar-refractivity contribution in [1.29, 1.82) is 0 Å². The van der Waals surface area contributed by atoms with Crippen LogP contribution in [0.15, 0.2) is 30.5 Å². The number of hydrogen-bond acceptors (Lipinski definition) is 6. The summed E-state index contributed by atoms with van der Waals surface area (Å²) in [6.07, 6.45) is 1.41. The molecule has 0 bridgehead atoms. The lowest BCUT2D eigenvalue weighted by Gasteiger charge is -2.09. The molecule has 0 radical (unpaired) electrons. The van der Waals surface area contributed by atoms with E-state index in [-0.39, 0.29) is 18.2 Å². The van der Waals surface area contributed by atoms with Gasteiger partial charge in [-0.2, -0.15) is 0 Å². The molecule has 0 fully saturated rings. The Kier molecular flexibility index (Phi) is 3.23. The van der Waals surface area contributed by atoms with Crippen LogP contribution < -0.4 is 20.5 Å². The van der Waals surface area contributed by atoms with Crippen LogP contribution in [0, 0.1) is 0 Å². The van der Waals surface area contributed by atoms with Gasteiger partial charge in [-0.15, -0.1) is 0 Å². The van der Waals surface area contributed by atoms with Gasteiger partial charge in [0.1, 0.15) is 11.4 Å². The van der Waals surface area contributed by atoms with Gasteiger partial charge in [0.15, 0.2) is 11.5 Å². The molecule has 2 heterocycles. The highest BCUT2D eigenvalue weighted by atomic mass is 16.7. The van der Waals surface area contributed by atoms with Crippen molar-refractivity contribution in [3.05, 3.63) is 41.6 Å². The van der Waals surface area contributed by atoms with Gasteiger partial charge in [0, 0.05) is 6.54 Å². The number of hydrogen-bond donors (Lipinski definition) is 3. The molecule has 0 aliphatic carbocycles. The zero-order chi connectivity index (χ0) is 14.8. The van der Waals surface area contributed by atoms with Gasteiger partial charge >= 0.3 is 5.97 Å².